The number of hydrogen-bond donors (Lipinski definition) is 2. The highest BCUT2D eigenvalue weighted by Crippen LogP contribution is 2.27. The first-order valence-electron chi connectivity index (χ1n) is 6.96. The SMILES string of the molecule is CCCNS(=O)(=O)NC(CC(C)C)c1nc(C)c(C)s1. The summed E-state index contributed by atoms with van der Waals surface area (Å²) in [4.78, 5) is 5.63. The molecule has 1 aromatic rings. The number of nitrogens with zero attached hydrogens (tertiary/aromatic N) is 1. The van der Waals surface area contributed by atoms with Crippen LogP contribution >= 0.6 is 11.3 Å². The molecule has 20 heavy (non-hydrogen) atoms. The van der Waals surface area contributed by atoms with Crippen LogP contribution in [0.3, 0.4) is 0 Å². The summed E-state index contributed by atoms with van der Waals surface area (Å²) in [5, 5.41) is 0.843. The molecule has 0 aliphatic rings. The minimum atomic E-state index is -3.47. The second-order valence-electron chi connectivity index (χ2n) is 5.39. The number of aromatic nitrogens is 1. The van der Waals surface area contributed by atoms with Gasteiger partial charge in [-0.15, -0.1) is 11.3 Å². The lowest BCUT2D eigenvalue weighted by molar-refractivity contribution is 0.466. The molecule has 116 valence electrons. The lowest BCUT2D eigenvalue weighted by Crippen LogP contribution is -2.39. The normalized spacial score (nSPS) is 13.9. The molecule has 7 heteroatoms. The Bertz CT molecular complexity index is 504. The van der Waals surface area contributed by atoms with E-state index in [9.17, 15) is 8.42 Å². The lowest BCUT2D eigenvalue weighted by Gasteiger charge is -2.18. The van der Waals surface area contributed by atoms with Crippen molar-refractivity contribution in [1.29, 1.82) is 0 Å². The van der Waals surface area contributed by atoms with E-state index in [4.69, 9.17) is 0 Å². The Hall–Kier alpha value is -0.500. The summed E-state index contributed by atoms with van der Waals surface area (Å²) in [6.07, 6.45) is 1.50. The summed E-state index contributed by atoms with van der Waals surface area (Å²) in [7, 11) is -3.47. The molecule has 0 saturated heterocycles. The number of thiazole rings is 1. The summed E-state index contributed by atoms with van der Waals surface area (Å²) in [5.41, 5.74) is 0.972. The molecule has 0 amide bonds. The second-order valence-corrected chi connectivity index (χ2v) is 8.16. The van der Waals surface area contributed by atoms with Gasteiger partial charge in [0.05, 0.1) is 11.7 Å². The Morgan fingerprint density at radius 3 is 2.40 bits per heavy atom. The van der Waals surface area contributed by atoms with Crippen molar-refractivity contribution in [3.8, 4) is 0 Å². The van der Waals surface area contributed by atoms with Crippen molar-refractivity contribution in [3.63, 3.8) is 0 Å². The second kappa shape index (κ2) is 7.49. The highest BCUT2D eigenvalue weighted by atomic mass is 32.2. The van der Waals surface area contributed by atoms with Crippen LogP contribution in [0, 0.1) is 19.8 Å². The molecule has 0 radical (unpaired) electrons. The van der Waals surface area contributed by atoms with Gasteiger partial charge in [-0.25, -0.2) is 9.71 Å². The molecule has 1 atom stereocenters. The molecule has 0 fully saturated rings. The van der Waals surface area contributed by atoms with Gasteiger partial charge >= 0.3 is 0 Å². The molecule has 1 rings (SSSR count). The number of aryl methyl sites for hydroxylation is 2. The Morgan fingerprint density at radius 2 is 1.95 bits per heavy atom. The first kappa shape index (κ1) is 17.6. The third-order valence-electron chi connectivity index (χ3n) is 2.89. The van der Waals surface area contributed by atoms with Crippen molar-refractivity contribution in [2.45, 2.75) is 53.5 Å². The average Bonchev–Trinajstić information content (AvgIpc) is 2.65. The van der Waals surface area contributed by atoms with Gasteiger partial charge in [0.2, 0.25) is 0 Å². The van der Waals surface area contributed by atoms with Gasteiger partial charge in [-0.3, -0.25) is 0 Å². The Labute approximate surface area is 126 Å². The van der Waals surface area contributed by atoms with Gasteiger partial charge in [0.25, 0.3) is 10.2 Å². The molecule has 0 aliphatic carbocycles. The summed E-state index contributed by atoms with van der Waals surface area (Å²) >= 11 is 1.56. The fraction of sp³-hybridized carbons (Fsp3) is 0.769. The van der Waals surface area contributed by atoms with E-state index in [0.717, 1.165) is 28.4 Å². The quantitative estimate of drug-likeness (QED) is 0.774. The summed E-state index contributed by atoms with van der Waals surface area (Å²) < 4.78 is 29.3. The maximum Gasteiger partial charge on any atom is 0.277 e. The smallest absolute Gasteiger partial charge is 0.245 e. The number of hydrogen-bond acceptors (Lipinski definition) is 4. The van der Waals surface area contributed by atoms with Gasteiger partial charge < -0.3 is 0 Å². The fourth-order valence-electron chi connectivity index (χ4n) is 1.78. The van der Waals surface area contributed by atoms with Gasteiger partial charge in [0.1, 0.15) is 5.01 Å². The van der Waals surface area contributed by atoms with Crippen LogP contribution in [0.2, 0.25) is 0 Å². The van der Waals surface area contributed by atoms with Gasteiger partial charge in [0, 0.05) is 11.4 Å². The van der Waals surface area contributed by atoms with Crippen LogP contribution in [0.1, 0.15) is 55.2 Å². The minimum absolute atomic E-state index is 0.262. The van der Waals surface area contributed by atoms with E-state index in [1.54, 1.807) is 11.3 Å². The minimum Gasteiger partial charge on any atom is -0.245 e. The van der Waals surface area contributed by atoms with E-state index in [1.807, 2.05) is 20.8 Å². The van der Waals surface area contributed by atoms with E-state index in [-0.39, 0.29) is 6.04 Å². The first-order chi connectivity index (χ1) is 9.25. The van der Waals surface area contributed by atoms with Crippen LogP contribution in [0.4, 0.5) is 0 Å². The van der Waals surface area contributed by atoms with Crippen molar-refractivity contribution < 1.29 is 8.42 Å². The Morgan fingerprint density at radius 1 is 1.30 bits per heavy atom. The average molecular weight is 319 g/mol. The van der Waals surface area contributed by atoms with E-state index >= 15 is 0 Å². The van der Waals surface area contributed by atoms with Crippen LogP contribution in [0.25, 0.3) is 0 Å². The zero-order valence-electron chi connectivity index (χ0n) is 12.9. The standard InChI is InChI=1S/C13H25N3O2S2/c1-6-7-14-20(17,18)16-12(8-9(2)3)13-15-10(4)11(5)19-13/h9,12,14,16H,6-8H2,1-5H3. The van der Waals surface area contributed by atoms with Crippen LogP contribution in [-0.2, 0) is 10.2 Å². The van der Waals surface area contributed by atoms with Crippen molar-refractivity contribution in [2.24, 2.45) is 5.92 Å². The van der Waals surface area contributed by atoms with Gasteiger partial charge in [-0.1, -0.05) is 20.8 Å². The predicted molar refractivity (Wildman–Crippen MR) is 84.1 cm³/mol. The van der Waals surface area contributed by atoms with Gasteiger partial charge in [-0.05, 0) is 32.6 Å². The largest absolute Gasteiger partial charge is 0.277 e. The Balaban J connectivity index is 2.90. The van der Waals surface area contributed by atoms with Crippen LogP contribution < -0.4 is 9.44 Å². The highest BCUT2D eigenvalue weighted by molar-refractivity contribution is 7.87. The predicted octanol–water partition coefficient (Wildman–Crippen LogP) is 2.68. The first-order valence-corrected chi connectivity index (χ1v) is 9.26. The molecule has 0 saturated carbocycles. The topological polar surface area (TPSA) is 71.1 Å². The Kier molecular flexibility index (Phi) is 6.57. The van der Waals surface area contributed by atoms with Crippen molar-refractivity contribution >= 4 is 21.5 Å². The third-order valence-corrected chi connectivity index (χ3v) is 5.26. The molecule has 2 N–H and O–H groups in total. The number of nitrogens with one attached hydrogen (secondary N) is 2. The summed E-state index contributed by atoms with van der Waals surface area (Å²) in [6.45, 7) is 10.5. The zero-order valence-corrected chi connectivity index (χ0v) is 14.5. The molecule has 0 spiro atoms. The molecule has 1 aromatic heterocycles. The molecule has 1 heterocycles. The molecule has 0 aromatic carbocycles. The van der Waals surface area contributed by atoms with Crippen LogP contribution in [0.5, 0.6) is 0 Å². The van der Waals surface area contributed by atoms with E-state index in [1.165, 1.54) is 0 Å². The third kappa shape index (κ3) is 5.47. The van der Waals surface area contributed by atoms with Gasteiger partial charge in [-0.2, -0.15) is 13.1 Å². The van der Waals surface area contributed by atoms with Crippen molar-refractivity contribution in [3.05, 3.63) is 15.6 Å². The summed E-state index contributed by atoms with van der Waals surface area (Å²) in [6, 6.07) is -0.262. The molecule has 0 bridgehead atoms. The molecular formula is C13H25N3O2S2. The van der Waals surface area contributed by atoms with Crippen LogP contribution in [-0.4, -0.2) is 19.9 Å². The monoisotopic (exact) mass is 319 g/mol. The van der Waals surface area contributed by atoms with E-state index < -0.39 is 10.2 Å². The fourth-order valence-corrected chi connectivity index (χ4v) is 3.98. The maximum absolute atomic E-state index is 12.0. The molecule has 1 unspecified atom stereocenters. The summed E-state index contributed by atoms with van der Waals surface area (Å²) in [5.74, 6) is 0.387. The highest BCUT2D eigenvalue weighted by Gasteiger charge is 2.23. The molecular weight excluding hydrogens is 294 g/mol. The van der Waals surface area contributed by atoms with E-state index in [2.05, 4.69) is 28.3 Å². The van der Waals surface area contributed by atoms with Crippen molar-refractivity contribution in [1.82, 2.24) is 14.4 Å². The lowest BCUT2D eigenvalue weighted by atomic mass is 10.1. The molecule has 0 aliphatic heterocycles. The number of rotatable bonds is 8. The zero-order chi connectivity index (χ0) is 15.3. The van der Waals surface area contributed by atoms with E-state index in [0.29, 0.717) is 12.5 Å². The van der Waals surface area contributed by atoms with Gasteiger partial charge in [0.15, 0.2) is 0 Å². The van der Waals surface area contributed by atoms with Crippen molar-refractivity contribution in [2.75, 3.05) is 6.54 Å². The maximum atomic E-state index is 12.0. The molecule has 5 nitrogen and oxygen atoms in total. The van der Waals surface area contributed by atoms with Crippen LogP contribution in [0.15, 0.2) is 0 Å².